The van der Waals surface area contributed by atoms with E-state index in [0.717, 1.165) is 18.6 Å². The maximum atomic E-state index is 12.1. The molecule has 1 aliphatic rings. The standard InChI is InChI=1S/C12H25NOS/c1-9(2)8-15(14)11-7-12(3,4)6-5-10(11)13/h9-11H,5-8,13H2,1-4H3. The average Bonchev–Trinajstić information content (AvgIpc) is 2.08. The molecule has 3 heteroatoms. The topological polar surface area (TPSA) is 43.1 Å². The average molecular weight is 231 g/mol. The lowest BCUT2D eigenvalue weighted by Gasteiger charge is -2.38. The molecule has 1 aliphatic carbocycles. The van der Waals surface area contributed by atoms with Crippen LogP contribution in [0.15, 0.2) is 0 Å². The van der Waals surface area contributed by atoms with Crippen molar-refractivity contribution in [3.8, 4) is 0 Å². The van der Waals surface area contributed by atoms with Gasteiger partial charge >= 0.3 is 0 Å². The van der Waals surface area contributed by atoms with E-state index < -0.39 is 10.8 Å². The zero-order valence-electron chi connectivity index (χ0n) is 10.5. The molecule has 0 radical (unpaired) electrons. The minimum absolute atomic E-state index is 0.151. The van der Waals surface area contributed by atoms with Crippen LogP contribution in [0.1, 0.15) is 47.0 Å². The molecule has 1 rings (SSSR count). The Bertz CT molecular complexity index is 238. The van der Waals surface area contributed by atoms with Crippen LogP contribution in [-0.2, 0) is 10.8 Å². The molecule has 15 heavy (non-hydrogen) atoms. The van der Waals surface area contributed by atoms with Crippen molar-refractivity contribution in [3.05, 3.63) is 0 Å². The van der Waals surface area contributed by atoms with Gasteiger partial charge in [-0.15, -0.1) is 0 Å². The fraction of sp³-hybridized carbons (Fsp3) is 1.00. The van der Waals surface area contributed by atoms with Crippen molar-refractivity contribution in [1.29, 1.82) is 0 Å². The molecule has 2 N–H and O–H groups in total. The second-order valence-corrected chi connectivity index (χ2v) is 7.75. The summed E-state index contributed by atoms with van der Waals surface area (Å²) in [5, 5.41) is 0.219. The van der Waals surface area contributed by atoms with Crippen molar-refractivity contribution in [1.82, 2.24) is 0 Å². The summed E-state index contributed by atoms with van der Waals surface area (Å²) in [4.78, 5) is 0. The quantitative estimate of drug-likeness (QED) is 0.810. The van der Waals surface area contributed by atoms with E-state index >= 15 is 0 Å². The molecule has 3 unspecified atom stereocenters. The molecule has 0 aliphatic heterocycles. The van der Waals surface area contributed by atoms with E-state index in [1.807, 2.05) is 0 Å². The smallest absolute Gasteiger partial charge is 0.0504 e. The van der Waals surface area contributed by atoms with Crippen LogP contribution in [0.4, 0.5) is 0 Å². The monoisotopic (exact) mass is 231 g/mol. The normalized spacial score (nSPS) is 32.9. The van der Waals surface area contributed by atoms with Crippen molar-refractivity contribution >= 4 is 10.8 Å². The molecule has 3 atom stereocenters. The van der Waals surface area contributed by atoms with Crippen molar-refractivity contribution in [2.75, 3.05) is 5.75 Å². The fourth-order valence-corrected chi connectivity index (χ4v) is 4.35. The van der Waals surface area contributed by atoms with Gasteiger partial charge in [0.05, 0.1) is 5.25 Å². The van der Waals surface area contributed by atoms with E-state index in [0.29, 0.717) is 11.3 Å². The van der Waals surface area contributed by atoms with E-state index in [9.17, 15) is 4.21 Å². The Kier molecular flexibility index (Phi) is 4.36. The molecule has 0 amide bonds. The highest BCUT2D eigenvalue weighted by molar-refractivity contribution is 7.85. The van der Waals surface area contributed by atoms with Crippen molar-refractivity contribution in [2.45, 2.75) is 58.2 Å². The van der Waals surface area contributed by atoms with Crippen LogP contribution in [0.2, 0.25) is 0 Å². The van der Waals surface area contributed by atoms with Gasteiger partial charge in [0.15, 0.2) is 0 Å². The Morgan fingerprint density at radius 1 is 1.47 bits per heavy atom. The summed E-state index contributed by atoms with van der Waals surface area (Å²) in [6, 6.07) is 0.151. The zero-order chi connectivity index (χ0) is 11.6. The van der Waals surface area contributed by atoms with Gasteiger partial charge in [0, 0.05) is 22.6 Å². The van der Waals surface area contributed by atoms with E-state index in [-0.39, 0.29) is 11.3 Å². The molecule has 0 spiro atoms. The van der Waals surface area contributed by atoms with Gasteiger partial charge in [-0.2, -0.15) is 0 Å². The highest BCUT2D eigenvalue weighted by atomic mass is 32.2. The first-order valence-electron chi connectivity index (χ1n) is 5.94. The van der Waals surface area contributed by atoms with Gasteiger partial charge in [0.1, 0.15) is 0 Å². The molecule has 0 aromatic carbocycles. The molecule has 2 nitrogen and oxygen atoms in total. The van der Waals surface area contributed by atoms with Crippen molar-refractivity contribution < 1.29 is 4.21 Å². The molecule has 0 saturated heterocycles. The first kappa shape index (κ1) is 13.2. The fourth-order valence-electron chi connectivity index (χ4n) is 2.28. The third-order valence-electron chi connectivity index (χ3n) is 3.22. The van der Waals surface area contributed by atoms with E-state index in [4.69, 9.17) is 5.73 Å². The van der Waals surface area contributed by atoms with E-state index in [1.165, 1.54) is 6.42 Å². The summed E-state index contributed by atoms with van der Waals surface area (Å²) in [6.45, 7) is 8.77. The van der Waals surface area contributed by atoms with Crippen molar-refractivity contribution in [2.24, 2.45) is 17.1 Å². The van der Waals surface area contributed by atoms with Crippen LogP contribution in [-0.4, -0.2) is 21.3 Å². The molecular formula is C12H25NOS. The molecule has 1 fully saturated rings. The summed E-state index contributed by atoms with van der Waals surface area (Å²) in [6.07, 6.45) is 3.22. The molecule has 0 bridgehead atoms. The Hall–Kier alpha value is 0.110. The first-order chi connectivity index (χ1) is 6.82. The van der Waals surface area contributed by atoms with Gasteiger partial charge in [-0.05, 0) is 30.6 Å². The third kappa shape index (κ3) is 3.87. The Morgan fingerprint density at radius 2 is 2.07 bits per heavy atom. The predicted octanol–water partition coefficient (Wildman–Crippen LogP) is 2.30. The maximum absolute atomic E-state index is 12.1. The van der Waals surface area contributed by atoms with Crippen LogP contribution in [0.3, 0.4) is 0 Å². The zero-order valence-corrected chi connectivity index (χ0v) is 11.3. The summed E-state index contributed by atoms with van der Waals surface area (Å²) in [7, 11) is -0.738. The Balaban J connectivity index is 2.62. The lowest BCUT2D eigenvalue weighted by atomic mass is 9.75. The van der Waals surface area contributed by atoms with Gasteiger partial charge in [0.2, 0.25) is 0 Å². The van der Waals surface area contributed by atoms with Crippen LogP contribution >= 0.6 is 0 Å². The van der Waals surface area contributed by atoms with Gasteiger partial charge in [-0.3, -0.25) is 4.21 Å². The number of hydrogen-bond donors (Lipinski definition) is 1. The lowest BCUT2D eigenvalue weighted by Crippen LogP contribution is -2.46. The SMILES string of the molecule is CC(C)CS(=O)C1CC(C)(C)CCC1N. The van der Waals surface area contributed by atoms with Gasteiger partial charge < -0.3 is 5.73 Å². The molecule has 0 heterocycles. The summed E-state index contributed by atoms with van der Waals surface area (Å²) in [5.74, 6) is 1.30. The minimum Gasteiger partial charge on any atom is -0.327 e. The Labute approximate surface area is 96.5 Å². The minimum atomic E-state index is -0.738. The molecule has 0 aromatic rings. The number of rotatable bonds is 3. The molecular weight excluding hydrogens is 206 g/mol. The summed E-state index contributed by atoms with van der Waals surface area (Å²) < 4.78 is 12.1. The highest BCUT2D eigenvalue weighted by Gasteiger charge is 2.36. The van der Waals surface area contributed by atoms with Crippen LogP contribution in [0.25, 0.3) is 0 Å². The highest BCUT2D eigenvalue weighted by Crippen LogP contribution is 2.37. The number of nitrogens with two attached hydrogens (primary N) is 1. The Morgan fingerprint density at radius 3 is 2.60 bits per heavy atom. The largest absolute Gasteiger partial charge is 0.327 e. The molecule has 0 aromatic heterocycles. The van der Waals surface area contributed by atoms with Crippen LogP contribution < -0.4 is 5.73 Å². The lowest BCUT2D eigenvalue weighted by molar-refractivity contribution is 0.230. The van der Waals surface area contributed by atoms with Crippen molar-refractivity contribution in [3.63, 3.8) is 0 Å². The summed E-state index contributed by atoms with van der Waals surface area (Å²) >= 11 is 0. The van der Waals surface area contributed by atoms with E-state index in [1.54, 1.807) is 0 Å². The second-order valence-electron chi connectivity index (χ2n) is 6.05. The molecule has 90 valence electrons. The second kappa shape index (κ2) is 4.96. The first-order valence-corrected chi connectivity index (χ1v) is 7.33. The third-order valence-corrected chi connectivity index (χ3v) is 5.41. The number of hydrogen-bond acceptors (Lipinski definition) is 2. The van der Waals surface area contributed by atoms with Gasteiger partial charge in [0.25, 0.3) is 0 Å². The predicted molar refractivity (Wildman–Crippen MR) is 67.2 cm³/mol. The van der Waals surface area contributed by atoms with Crippen LogP contribution in [0, 0.1) is 11.3 Å². The summed E-state index contributed by atoms with van der Waals surface area (Å²) in [5.41, 5.74) is 6.41. The van der Waals surface area contributed by atoms with E-state index in [2.05, 4.69) is 27.7 Å². The van der Waals surface area contributed by atoms with Crippen LogP contribution in [0.5, 0.6) is 0 Å². The van der Waals surface area contributed by atoms with Gasteiger partial charge in [-0.25, -0.2) is 0 Å². The maximum Gasteiger partial charge on any atom is 0.0504 e. The van der Waals surface area contributed by atoms with Gasteiger partial charge in [-0.1, -0.05) is 27.7 Å². The molecule has 1 saturated carbocycles.